The molecule has 1 atom stereocenters. The highest BCUT2D eigenvalue weighted by Crippen LogP contribution is 1.98. The zero-order chi connectivity index (χ0) is 9.56. The minimum absolute atomic E-state index is 0.510. The van der Waals surface area contributed by atoms with Crippen molar-refractivity contribution in [2.24, 2.45) is 5.73 Å². The van der Waals surface area contributed by atoms with E-state index in [1.165, 1.54) is 0 Å². The van der Waals surface area contributed by atoms with Gasteiger partial charge < -0.3 is 20.5 Å². The number of carbonyl (C=O) groups excluding carboxylic acids is 1. The summed E-state index contributed by atoms with van der Waals surface area (Å²) in [6.07, 6.45) is 2.33. The Labute approximate surface area is 73.3 Å². The Hall–Kier alpha value is -0.610. The van der Waals surface area contributed by atoms with E-state index in [2.05, 4.69) is 4.90 Å². The number of rotatable bonds is 6. The second kappa shape index (κ2) is 5.97. The first kappa shape index (κ1) is 11.4. The fraction of sp³-hybridized carbons (Fsp3) is 0.875. The lowest BCUT2D eigenvalue weighted by Crippen LogP contribution is -2.41. The molecule has 0 amide bonds. The molecule has 0 rings (SSSR count). The predicted molar refractivity (Wildman–Crippen MR) is 45.4 cm³/mol. The van der Waals surface area contributed by atoms with E-state index < -0.39 is 12.0 Å². The summed E-state index contributed by atoms with van der Waals surface area (Å²) in [7, 11) is 3.97. The summed E-state index contributed by atoms with van der Waals surface area (Å²) in [5.41, 5.74) is 5.26. The molecule has 0 saturated heterocycles. The third-order valence-electron chi connectivity index (χ3n) is 1.67. The summed E-state index contributed by atoms with van der Waals surface area (Å²) in [4.78, 5) is 12.2. The molecule has 0 radical (unpaired) electrons. The fourth-order valence-electron chi connectivity index (χ4n) is 0.910. The standard InChI is InChI=1S/C8H18N2O2/c1-10(2)6-4-3-5-7(9)8(11)12/h7H,3-6,9H2,1-2H3,(H,11,12)/p-1. The molecule has 1 unspecified atom stereocenters. The van der Waals surface area contributed by atoms with Gasteiger partial charge in [-0.15, -0.1) is 0 Å². The summed E-state index contributed by atoms with van der Waals surface area (Å²) in [5.74, 6) is -1.15. The van der Waals surface area contributed by atoms with Gasteiger partial charge in [-0.05, 0) is 33.5 Å². The Morgan fingerprint density at radius 2 is 2.08 bits per heavy atom. The molecule has 0 aliphatic carbocycles. The maximum Gasteiger partial charge on any atom is 0.0582 e. The van der Waals surface area contributed by atoms with Crippen molar-refractivity contribution in [3.05, 3.63) is 0 Å². The van der Waals surface area contributed by atoms with Crippen molar-refractivity contribution in [3.63, 3.8) is 0 Å². The Balaban J connectivity index is 3.25. The van der Waals surface area contributed by atoms with Gasteiger partial charge in [0.15, 0.2) is 0 Å². The third-order valence-corrected chi connectivity index (χ3v) is 1.67. The number of unbranched alkanes of at least 4 members (excludes halogenated alkanes) is 1. The highest BCUT2D eigenvalue weighted by molar-refractivity contribution is 5.70. The van der Waals surface area contributed by atoms with Gasteiger partial charge in [0.25, 0.3) is 0 Å². The van der Waals surface area contributed by atoms with Gasteiger partial charge >= 0.3 is 0 Å². The van der Waals surface area contributed by atoms with E-state index in [4.69, 9.17) is 5.73 Å². The summed E-state index contributed by atoms with van der Waals surface area (Å²) in [6, 6.07) is -0.799. The van der Waals surface area contributed by atoms with Gasteiger partial charge in [-0.1, -0.05) is 6.42 Å². The molecule has 0 heterocycles. The van der Waals surface area contributed by atoms with Gasteiger partial charge in [0, 0.05) is 6.04 Å². The van der Waals surface area contributed by atoms with Crippen LogP contribution in [0, 0.1) is 0 Å². The Kier molecular flexibility index (Phi) is 5.66. The number of hydrogen-bond acceptors (Lipinski definition) is 4. The van der Waals surface area contributed by atoms with Crippen LogP contribution in [0.2, 0.25) is 0 Å². The molecule has 0 aromatic rings. The highest BCUT2D eigenvalue weighted by atomic mass is 16.4. The summed E-state index contributed by atoms with van der Waals surface area (Å²) in [5, 5.41) is 10.2. The Morgan fingerprint density at radius 1 is 1.50 bits per heavy atom. The Morgan fingerprint density at radius 3 is 2.50 bits per heavy atom. The number of aliphatic carboxylic acids is 1. The molecular weight excluding hydrogens is 156 g/mol. The van der Waals surface area contributed by atoms with Crippen LogP contribution >= 0.6 is 0 Å². The first-order valence-electron chi connectivity index (χ1n) is 4.15. The molecule has 0 fully saturated rings. The van der Waals surface area contributed by atoms with Crippen molar-refractivity contribution in [1.82, 2.24) is 4.90 Å². The lowest BCUT2D eigenvalue weighted by molar-refractivity contribution is -0.307. The van der Waals surface area contributed by atoms with Crippen molar-refractivity contribution in [1.29, 1.82) is 0 Å². The summed E-state index contributed by atoms with van der Waals surface area (Å²) < 4.78 is 0. The number of nitrogens with zero attached hydrogens (tertiary/aromatic N) is 1. The topological polar surface area (TPSA) is 69.4 Å². The van der Waals surface area contributed by atoms with Gasteiger partial charge in [-0.3, -0.25) is 0 Å². The predicted octanol–water partition coefficient (Wildman–Crippen LogP) is -1.20. The maximum absolute atomic E-state index is 10.2. The highest BCUT2D eigenvalue weighted by Gasteiger charge is 2.01. The normalized spacial score (nSPS) is 13.3. The van der Waals surface area contributed by atoms with E-state index in [-0.39, 0.29) is 0 Å². The minimum Gasteiger partial charge on any atom is -0.548 e. The van der Waals surface area contributed by atoms with Crippen LogP contribution in [0.1, 0.15) is 19.3 Å². The quantitative estimate of drug-likeness (QED) is 0.512. The first-order chi connectivity index (χ1) is 5.54. The van der Waals surface area contributed by atoms with Crippen LogP contribution in [0.15, 0.2) is 0 Å². The average Bonchev–Trinajstić information content (AvgIpc) is 1.97. The van der Waals surface area contributed by atoms with E-state index in [0.717, 1.165) is 19.4 Å². The van der Waals surface area contributed by atoms with E-state index >= 15 is 0 Å². The molecule has 4 nitrogen and oxygen atoms in total. The van der Waals surface area contributed by atoms with E-state index in [0.29, 0.717) is 6.42 Å². The molecule has 0 aliphatic heterocycles. The summed E-state index contributed by atoms with van der Waals surface area (Å²) in [6.45, 7) is 0.972. The van der Waals surface area contributed by atoms with Gasteiger partial charge in [0.2, 0.25) is 0 Å². The van der Waals surface area contributed by atoms with Crippen LogP contribution in [0.5, 0.6) is 0 Å². The molecule has 12 heavy (non-hydrogen) atoms. The van der Waals surface area contributed by atoms with Crippen LogP contribution in [-0.2, 0) is 4.79 Å². The van der Waals surface area contributed by atoms with Crippen molar-refractivity contribution < 1.29 is 9.90 Å². The molecule has 4 heteroatoms. The lowest BCUT2D eigenvalue weighted by Gasteiger charge is -2.13. The van der Waals surface area contributed by atoms with Crippen LogP contribution in [0.4, 0.5) is 0 Å². The molecular formula is C8H17N2O2-. The van der Waals surface area contributed by atoms with Crippen molar-refractivity contribution in [3.8, 4) is 0 Å². The number of carboxylic acid groups (broad SMARTS) is 1. The number of nitrogens with two attached hydrogens (primary N) is 1. The summed E-state index contributed by atoms with van der Waals surface area (Å²) >= 11 is 0. The number of hydrogen-bond donors (Lipinski definition) is 1. The molecule has 0 aliphatic rings. The molecule has 0 saturated carbocycles. The molecule has 72 valence electrons. The fourth-order valence-corrected chi connectivity index (χ4v) is 0.910. The average molecular weight is 173 g/mol. The van der Waals surface area contributed by atoms with E-state index in [1.54, 1.807) is 0 Å². The van der Waals surface area contributed by atoms with Crippen LogP contribution < -0.4 is 10.8 Å². The monoisotopic (exact) mass is 173 g/mol. The number of carboxylic acids is 1. The molecule has 0 aromatic carbocycles. The second-order valence-electron chi connectivity index (χ2n) is 3.22. The zero-order valence-corrected chi connectivity index (χ0v) is 7.75. The van der Waals surface area contributed by atoms with E-state index in [1.807, 2.05) is 14.1 Å². The lowest BCUT2D eigenvalue weighted by atomic mass is 10.1. The second-order valence-corrected chi connectivity index (χ2v) is 3.22. The van der Waals surface area contributed by atoms with Gasteiger partial charge in [-0.2, -0.15) is 0 Å². The van der Waals surface area contributed by atoms with E-state index in [9.17, 15) is 9.90 Å². The van der Waals surface area contributed by atoms with Gasteiger partial charge in [-0.25, -0.2) is 0 Å². The molecule has 2 N–H and O–H groups in total. The minimum atomic E-state index is -1.15. The zero-order valence-electron chi connectivity index (χ0n) is 7.75. The first-order valence-corrected chi connectivity index (χ1v) is 4.15. The number of carbonyl (C=O) groups is 1. The van der Waals surface area contributed by atoms with Crippen molar-refractivity contribution in [2.75, 3.05) is 20.6 Å². The third kappa shape index (κ3) is 6.12. The van der Waals surface area contributed by atoms with Crippen molar-refractivity contribution in [2.45, 2.75) is 25.3 Å². The smallest absolute Gasteiger partial charge is 0.0582 e. The molecule has 0 spiro atoms. The molecule has 0 bridgehead atoms. The largest absolute Gasteiger partial charge is 0.548 e. The SMILES string of the molecule is CN(C)CCCCC(N)C(=O)[O-]. The van der Waals surface area contributed by atoms with Crippen LogP contribution in [-0.4, -0.2) is 37.6 Å². The maximum atomic E-state index is 10.2. The van der Waals surface area contributed by atoms with Gasteiger partial charge in [0.05, 0.1) is 5.97 Å². The van der Waals surface area contributed by atoms with Crippen molar-refractivity contribution >= 4 is 5.97 Å². The van der Waals surface area contributed by atoms with Crippen LogP contribution in [0.3, 0.4) is 0 Å². The Bertz CT molecular complexity index is 137. The molecule has 0 aromatic heterocycles. The van der Waals surface area contributed by atoms with Crippen LogP contribution in [0.25, 0.3) is 0 Å². The van der Waals surface area contributed by atoms with Gasteiger partial charge in [0.1, 0.15) is 0 Å².